The highest BCUT2D eigenvalue weighted by atomic mass is 32.2. The zero-order valence-electron chi connectivity index (χ0n) is 15.9. The van der Waals surface area contributed by atoms with E-state index in [1.54, 1.807) is 27.8 Å². The van der Waals surface area contributed by atoms with Crippen molar-refractivity contribution in [1.29, 1.82) is 0 Å². The molecule has 2 aromatic heterocycles. The number of nitrogens with zero attached hydrogens (tertiary/aromatic N) is 3. The van der Waals surface area contributed by atoms with E-state index in [2.05, 4.69) is 5.32 Å². The van der Waals surface area contributed by atoms with E-state index in [1.807, 2.05) is 49.4 Å². The van der Waals surface area contributed by atoms with Gasteiger partial charge in [-0.25, -0.2) is 4.98 Å². The number of benzene rings is 2. The molecular formula is C21H16N4O3S2. The molecular weight excluding hydrogens is 420 g/mol. The van der Waals surface area contributed by atoms with Gasteiger partial charge in [0.2, 0.25) is 17.8 Å². The number of aryl methyl sites for hydroxylation is 1. The molecule has 150 valence electrons. The first-order valence-electron chi connectivity index (χ1n) is 9.44. The Kier molecular flexibility index (Phi) is 4.00. The summed E-state index contributed by atoms with van der Waals surface area (Å²) in [6, 6.07) is 13.9. The summed E-state index contributed by atoms with van der Waals surface area (Å²) >= 11 is 3.13. The van der Waals surface area contributed by atoms with Crippen molar-refractivity contribution in [3.8, 4) is 16.6 Å². The fraction of sp³-hybridized carbons (Fsp3) is 0.190. The number of nitrogens with one attached hydrogen (secondary N) is 1. The maximum Gasteiger partial charge on any atom is 0.235 e. The van der Waals surface area contributed by atoms with E-state index in [9.17, 15) is 4.79 Å². The first-order valence-corrected chi connectivity index (χ1v) is 11.3. The number of thioether (sulfide) groups is 1. The van der Waals surface area contributed by atoms with Crippen LogP contribution in [0.25, 0.3) is 15.3 Å². The number of fused-ring (bicyclic) bond motifs is 3. The first-order chi connectivity index (χ1) is 14.7. The van der Waals surface area contributed by atoms with Crippen molar-refractivity contribution in [3.63, 3.8) is 0 Å². The molecule has 6 rings (SSSR count). The van der Waals surface area contributed by atoms with Crippen LogP contribution < -0.4 is 14.8 Å². The molecule has 4 aromatic rings. The highest BCUT2D eigenvalue weighted by Gasteiger charge is 2.32. The number of rotatable bonds is 2. The average Bonchev–Trinajstić information content (AvgIpc) is 3.43. The van der Waals surface area contributed by atoms with Crippen molar-refractivity contribution in [1.82, 2.24) is 14.8 Å². The van der Waals surface area contributed by atoms with Crippen LogP contribution in [0, 0.1) is 6.92 Å². The number of aromatic nitrogens is 3. The second-order valence-electron chi connectivity index (χ2n) is 7.08. The van der Waals surface area contributed by atoms with Crippen LogP contribution in [0.5, 0.6) is 11.5 Å². The van der Waals surface area contributed by atoms with Gasteiger partial charge in [0.15, 0.2) is 11.5 Å². The van der Waals surface area contributed by atoms with Gasteiger partial charge in [-0.15, -0.1) is 11.8 Å². The predicted octanol–water partition coefficient (Wildman–Crippen LogP) is 4.29. The molecule has 0 aliphatic carbocycles. The number of hydrogen-bond donors (Lipinski definition) is 1. The maximum atomic E-state index is 12.5. The Balaban J connectivity index is 1.51. The van der Waals surface area contributed by atoms with E-state index in [-0.39, 0.29) is 18.0 Å². The number of anilines is 1. The smallest absolute Gasteiger partial charge is 0.235 e. The summed E-state index contributed by atoms with van der Waals surface area (Å²) in [6.45, 7) is 2.21. The summed E-state index contributed by atoms with van der Waals surface area (Å²) in [4.78, 5) is 17.3. The Hall–Kier alpha value is -3.04. The van der Waals surface area contributed by atoms with Crippen molar-refractivity contribution in [2.45, 2.75) is 12.2 Å². The monoisotopic (exact) mass is 436 g/mol. The largest absolute Gasteiger partial charge is 0.454 e. The number of carbonyl (C=O) groups is 1. The molecule has 1 N–H and O–H groups in total. The van der Waals surface area contributed by atoms with Crippen molar-refractivity contribution in [2.24, 2.45) is 0 Å². The van der Waals surface area contributed by atoms with Gasteiger partial charge < -0.3 is 14.8 Å². The molecule has 4 heterocycles. The molecule has 7 nitrogen and oxygen atoms in total. The standard InChI is InChI=1S/C21H16N4O3S2/c1-11-18-19(12-6-7-14-15(8-12)28-10-27-14)29-9-17(26)23-20(18)25(24-11)21-22-13-4-2-3-5-16(13)30-21/h2-8,19H,9-10H2,1H3,(H,23,26)/t19-/m0/s1. The third-order valence-electron chi connectivity index (χ3n) is 5.17. The van der Waals surface area contributed by atoms with Crippen LogP contribution >= 0.6 is 23.1 Å². The number of hydrogen-bond acceptors (Lipinski definition) is 7. The van der Waals surface area contributed by atoms with Crippen LogP contribution in [0.15, 0.2) is 42.5 Å². The van der Waals surface area contributed by atoms with E-state index in [0.717, 1.165) is 43.7 Å². The Morgan fingerprint density at radius 3 is 2.93 bits per heavy atom. The summed E-state index contributed by atoms with van der Waals surface area (Å²) < 4.78 is 13.9. The fourth-order valence-electron chi connectivity index (χ4n) is 3.81. The summed E-state index contributed by atoms with van der Waals surface area (Å²) in [5.41, 5.74) is 3.82. The van der Waals surface area contributed by atoms with Crippen LogP contribution in [0.2, 0.25) is 0 Å². The summed E-state index contributed by atoms with van der Waals surface area (Å²) in [6.07, 6.45) is 0. The summed E-state index contributed by atoms with van der Waals surface area (Å²) in [5.74, 6) is 2.46. The highest BCUT2D eigenvalue weighted by Crippen LogP contribution is 2.46. The number of ether oxygens (including phenoxy) is 2. The number of para-hydroxylation sites is 1. The van der Waals surface area contributed by atoms with Gasteiger partial charge in [-0.2, -0.15) is 9.78 Å². The third kappa shape index (κ3) is 2.77. The number of thiazole rings is 1. The Morgan fingerprint density at radius 2 is 2.03 bits per heavy atom. The van der Waals surface area contributed by atoms with Crippen molar-refractivity contribution >= 4 is 45.0 Å². The molecule has 2 aliphatic heterocycles. The van der Waals surface area contributed by atoms with Crippen molar-refractivity contribution < 1.29 is 14.3 Å². The quantitative estimate of drug-likeness (QED) is 0.505. The van der Waals surface area contributed by atoms with Crippen molar-refractivity contribution in [3.05, 3.63) is 59.3 Å². The van der Waals surface area contributed by atoms with Gasteiger partial charge in [-0.3, -0.25) is 4.79 Å². The minimum atomic E-state index is -0.0587. The molecule has 0 radical (unpaired) electrons. The highest BCUT2D eigenvalue weighted by molar-refractivity contribution is 8.00. The molecule has 1 atom stereocenters. The van der Waals surface area contributed by atoms with Crippen molar-refractivity contribution in [2.75, 3.05) is 17.9 Å². The van der Waals surface area contributed by atoms with Gasteiger partial charge >= 0.3 is 0 Å². The van der Waals surface area contributed by atoms with E-state index >= 15 is 0 Å². The molecule has 0 bridgehead atoms. The molecule has 0 saturated heterocycles. The topological polar surface area (TPSA) is 78.3 Å². The minimum absolute atomic E-state index is 0.0493. The number of amides is 1. The lowest BCUT2D eigenvalue weighted by molar-refractivity contribution is -0.113. The first kappa shape index (κ1) is 17.8. The lowest BCUT2D eigenvalue weighted by atomic mass is 10.0. The van der Waals surface area contributed by atoms with Gasteiger partial charge in [0.25, 0.3) is 0 Å². The molecule has 30 heavy (non-hydrogen) atoms. The van der Waals surface area contributed by atoms with Crippen LogP contribution in [-0.4, -0.2) is 33.2 Å². The third-order valence-corrected chi connectivity index (χ3v) is 7.45. The molecule has 1 amide bonds. The average molecular weight is 437 g/mol. The Labute approximate surface area is 180 Å². The maximum absolute atomic E-state index is 12.5. The number of carbonyl (C=O) groups excluding carboxylic acids is 1. The van der Waals surface area contributed by atoms with E-state index in [1.165, 1.54) is 0 Å². The van der Waals surface area contributed by atoms with Crippen LogP contribution in [-0.2, 0) is 4.79 Å². The molecule has 0 saturated carbocycles. The molecule has 2 aromatic carbocycles. The zero-order chi connectivity index (χ0) is 20.2. The van der Waals surface area contributed by atoms with Crippen LogP contribution in [0.4, 0.5) is 5.82 Å². The molecule has 0 spiro atoms. The summed E-state index contributed by atoms with van der Waals surface area (Å²) in [5, 5.41) is 8.50. The lowest BCUT2D eigenvalue weighted by Crippen LogP contribution is -2.15. The second-order valence-corrected chi connectivity index (χ2v) is 9.18. The van der Waals surface area contributed by atoms with E-state index < -0.39 is 0 Å². The fourth-order valence-corrected chi connectivity index (χ4v) is 5.91. The van der Waals surface area contributed by atoms with Gasteiger partial charge in [-0.05, 0) is 36.8 Å². The molecule has 9 heteroatoms. The van der Waals surface area contributed by atoms with Crippen LogP contribution in [0.3, 0.4) is 0 Å². The second kappa shape index (κ2) is 6.75. The van der Waals surface area contributed by atoms with Crippen LogP contribution in [0.1, 0.15) is 22.1 Å². The van der Waals surface area contributed by atoms with Gasteiger partial charge in [0.1, 0.15) is 5.82 Å². The summed E-state index contributed by atoms with van der Waals surface area (Å²) in [7, 11) is 0. The zero-order valence-corrected chi connectivity index (χ0v) is 17.5. The molecule has 0 fully saturated rings. The van der Waals surface area contributed by atoms with E-state index in [4.69, 9.17) is 19.6 Å². The Morgan fingerprint density at radius 1 is 1.17 bits per heavy atom. The predicted molar refractivity (Wildman–Crippen MR) is 117 cm³/mol. The Bertz CT molecular complexity index is 1280. The minimum Gasteiger partial charge on any atom is -0.454 e. The van der Waals surface area contributed by atoms with Gasteiger partial charge in [0, 0.05) is 5.56 Å². The molecule has 0 unspecified atom stereocenters. The van der Waals surface area contributed by atoms with Gasteiger partial charge in [0.05, 0.1) is 26.9 Å². The lowest BCUT2D eigenvalue weighted by Gasteiger charge is -2.15. The normalized spacial score (nSPS) is 17.6. The SMILES string of the molecule is Cc1nn(-c2nc3ccccc3s2)c2c1[C@H](c1ccc3c(c1)OCO3)SCC(=O)N2. The molecule has 2 aliphatic rings. The van der Waals surface area contributed by atoms with Gasteiger partial charge in [-0.1, -0.05) is 29.5 Å². The van der Waals surface area contributed by atoms with E-state index in [0.29, 0.717) is 11.6 Å².